The molecule has 0 N–H and O–H groups in total. The van der Waals surface area contributed by atoms with Crippen molar-refractivity contribution in [3.05, 3.63) is 47.9 Å². The van der Waals surface area contributed by atoms with E-state index in [9.17, 15) is 4.79 Å². The fourth-order valence-corrected chi connectivity index (χ4v) is 3.39. The first-order chi connectivity index (χ1) is 13.6. The smallest absolute Gasteiger partial charge is 0.236 e. The SMILES string of the molecule is COc1ccc(OC)c(CN2CCN(CC(=O)N(C)Cc3ccco3)CC2)c1. The first-order valence-corrected chi connectivity index (χ1v) is 9.51. The van der Waals surface area contributed by atoms with Crippen LogP contribution < -0.4 is 9.47 Å². The van der Waals surface area contributed by atoms with Crippen LogP contribution in [0.25, 0.3) is 0 Å². The molecule has 0 spiro atoms. The Hall–Kier alpha value is -2.51. The minimum absolute atomic E-state index is 0.110. The van der Waals surface area contributed by atoms with Gasteiger partial charge in [0.2, 0.25) is 5.91 Å². The van der Waals surface area contributed by atoms with Gasteiger partial charge in [0.25, 0.3) is 0 Å². The summed E-state index contributed by atoms with van der Waals surface area (Å²) in [6, 6.07) is 9.60. The van der Waals surface area contributed by atoms with Crippen molar-refractivity contribution < 1.29 is 18.7 Å². The van der Waals surface area contributed by atoms with E-state index in [2.05, 4.69) is 9.80 Å². The molecule has 2 aromatic rings. The fourth-order valence-electron chi connectivity index (χ4n) is 3.39. The Kier molecular flexibility index (Phi) is 6.95. The summed E-state index contributed by atoms with van der Waals surface area (Å²) in [6.45, 7) is 5.31. The van der Waals surface area contributed by atoms with E-state index in [-0.39, 0.29) is 5.91 Å². The maximum atomic E-state index is 12.5. The average Bonchev–Trinajstić information content (AvgIpc) is 3.22. The molecule has 0 aliphatic carbocycles. The highest BCUT2D eigenvalue weighted by atomic mass is 16.5. The van der Waals surface area contributed by atoms with Crippen LogP contribution in [0.3, 0.4) is 0 Å². The van der Waals surface area contributed by atoms with Crippen molar-refractivity contribution in [1.82, 2.24) is 14.7 Å². The third kappa shape index (κ3) is 5.27. The van der Waals surface area contributed by atoms with Crippen molar-refractivity contribution in [3.8, 4) is 11.5 Å². The monoisotopic (exact) mass is 387 g/mol. The van der Waals surface area contributed by atoms with Crippen molar-refractivity contribution in [2.75, 3.05) is 54.0 Å². The van der Waals surface area contributed by atoms with Gasteiger partial charge in [-0.05, 0) is 30.3 Å². The summed E-state index contributed by atoms with van der Waals surface area (Å²) in [7, 11) is 5.18. The molecular formula is C21H29N3O4. The Balaban J connectivity index is 1.47. The number of nitrogens with zero attached hydrogens (tertiary/aromatic N) is 3. The normalized spacial score (nSPS) is 15.4. The second-order valence-electron chi connectivity index (χ2n) is 7.06. The number of furan rings is 1. The summed E-state index contributed by atoms with van der Waals surface area (Å²) >= 11 is 0. The van der Waals surface area contributed by atoms with Gasteiger partial charge in [0.1, 0.15) is 17.3 Å². The molecule has 1 aromatic carbocycles. The lowest BCUT2D eigenvalue weighted by Crippen LogP contribution is -2.49. The first kappa shape index (κ1) is 20.2. The molecule has 0 bridgehead atoms. The summed E-state index contributed by atoms with van der Waals surface area (Å²) in [6.07, 6.45) is 1.63. The number of ether oxygens (including phenoxy) is 2. The molecule has 152 valence electrons. The Morgan fingerprint density at radius 2 is 1.86 bits per heavy atom. The van der Waals surface area contributed by atoms with Crippen LogP contribution in [-0.2, 0) is 17.9 Å². The average molecular weight is 387 g/mol. The predicted molar refractivity (Wildman–Crippen MR) is 106 cm³/mol. The number of hydrogen-bond acceptors (Lipinski definition) is 6. The van der Waals surface area contributed by atoms with E-state index < -0.39 is 0 Å². The highest BCUT2D eigenvalue weighted by Gasteiger charge is 2.21. The van der Waals surface area contributed by atoms with Crippen LogP contribution in [0.1, 0.15) is 11.3 Å². The Labute approximate surface area is 166 Å². The van der Waals surface area contributed by atoms with Gasteiger partial charge in [0.15, 0.2) is 0 Å². The molecule has 1 aliphatic heterocycles. The second-order valence-corrected chi connectivity index (χ2v) is 7.06. The van der Waals surface area contributed by atoms with Crippen molar-refractivity contribution >= 4 is 5.91 Å². The van der Waals surface area contributed by atoms with Gasteiger partial charge in [-0.15, -0.1) is 0 Å². The van der Waals surface area contributed by atoms with Crippen molar-refractivity contribution in [2.45, 2.75) is 13.1 Å². The predicted octanol–water partition coefficient (Wildman–Crippen LogP) is 2.07. The molecule has 7 heteroatoms. The van der Waals surface area contributed by atoms with Gasteiger partial charge in [0, 0.05) is 45.3 Å². The van der Waals surface area contributed by atoms with Gasteiger partial charge >= 0.3 is 0 Å². The number of likely N-dealkylation sites (N-methyl/N-ethyl adjacent to an activating group) is 1. The van der Waals surface area contributed by atoms with Crippen LogP contribution in [0, 0.1) is 0 Å². The second kappa shape index (κ2) is 9.61. The topological polar surface area (TPSA) is 58.4 Å². The van der Waals surface area contributed by atoms with E-state index in [1.54, 1.807) is 25.4 Å². The number of carbonyl (C=O) groups is 1. The zero-order chi connectivity index (χ0) is 19.9. The van der Waals surface area contributed by atoms with Crippen LogP contribution >= 0.6 is 0 Å². The van der Waals surface area contributed by atoms with E-state index in [0.29, 0.717) is 13.1 Å². The van der Waals surface area contributed by atoms with Crippen LogP contribution in [0.5, 0.6) is 11.5 Å². The molecule has 1 fully saturated rings. The number of hydrogen-bond donors (Lipinski definition) is 0. The lowest BCUT2D eigenvalue weighted by Gasteiger charge is -2.35. The molecule has 3 rings (SSSR count). The minimum atomic E-state index is 0.110. The summed E-state index contributed by atoms with van der Waals surface area (Å²) in [5.41, 5.74) is 1.12. The van der Waals surface area contributed by atoms with Gasteiger partial charge in [-0.25, -0.2) is 0 Å². The lowest BCUT2D eigenvalue weighted by atomic mass is 10.1. The summed E-state index contributed by atoms with van der Waals surface area (Å²) < 4.78 is 16.1. The molecule has 1 aromatic heterocycles. The molecule has 2 heterocycles. The number of rotatable bonds is 8. The quantitative estimate of drug-likeness (QED) is 0.691. The van der Waals surface area contributed by atoms with Gasteiger partial charge in [0.05, 0.1) is 33.6 Å². The Morgan fingerprint density at radius 3 is 2.50 bits per heavy atom. The Morgan fingerprint density at radius 1 is 1.11 bits per heavy atom. The molecule has 1 amide bonds. The largest absolute Gasteiger partial charge is 0.497 e. The van der Waals surface area contributed by atoms with Gasteiger partial charge in [-0.3, -0.25) is 14.6 Å². The van der Waals surface area contributed by atoms with Gasteiger partial charge in [-0.1, -0.05) is 0 Å². The number of amides is 1. The third-order valence-corrected chi connectivity index (χ3v) is 5.10. The Bertz CT molecular complexity index is 755. The van der Waals surface area contributed by atoms with Crippen molar-refractivity contribution in [2.24, 2.45) is 0 Å². The molecule has 0 unspecified atom stereocenters. The fraction of sp³-hybridized carbons (Fsp3) is 0.476. The summed E-state index contributed by atoms with van der Waals surface area (Å²) in [4.78, 5) is 18.8. The van der Waals surface area contributed by atoms with E-state index in [4.69, 9.17) is 13.9 Å². The maximum absolute atomic E-state index is 12.5. The molecule has 1 aliphatic rings. The molecule has 1 saturated heterocycles. The first-order valence-electron chi connectivity index (χ1n) is 9.51. The zero-order valence-electron chi connectivity index (χ0n) is 16.9. The zero-order valence-corrected chi connectivity index (χ0v) is 16.9. The summed E-state index contributed by atoms with van der Waals surface area (Å²) in [5.74, 6) is 2.62. The van der Waals surface area contributed by atoms with Crippen LogP contribution in [0.4, 0.5) is 0 Å². The highest BCUT2D eigenvalue weighted by molar-refractivity contribution is 5.77. The number of benzene rings is 1. The molecule has 7 nitrogen and oxygen atoms in total. The maximum Gasteiger partial charge on any atom is 0.236 e. The van der Waals surface area contributed by atoms with Crippen LogP contribution in [0.2, 0.25) is 0 Å². The van der Waals surface area contributed by atoms with Gasteiger partial charge in [-0.2, -0.15) is 0 Å². The standard InChI is InChI=1S/C21H29N3O4/c1-22(15-19-5-4-12-28-19)21(25)16-24-10-8-23(9-11-24)14-17-13-18(26-2)6-7-20(17)27-3/h4-7,12-13H,8-11,14-16H2,1-3H3. The van der Waals surface area contributed by atoms with Crippen LogP contribution in [-0.4, -0.2) is 74.6 Å². The van der Waals surface area contributed by atoms with Gasteiger partial charge < -0.3 is 18.8 Å². The van der Waals surface area contributed by atoms with Crippen molar-refractivity contribution in [3.63, 3.8) is 0 Å². The van der Waals surface area contributed by atoms with E-state index >= 15 is 0 Å². The van der Waals surface area contributed by atoms with E-state index in [1.807, 2.05) is 37.4 Å². The highest BCUT2D eigenvalue weighted by Crippen LogP contribution is 2.25. The molecular weight excluding hydrogens is 358 g/mol. The lowest BCUT2D eigenvalue weighted by molar-refractivity contribution is -0.132. The summed E-state index contributed by atoms with van der Waals surface area (Å²) in [5, 5.41) is 0. The number of piperazine rings is 1. The van der Waals surface area contributed by atoms with Crippen molar-refractivity contribution in [1.29, 1.82) is 0 Å². The van der Waals surface area contributed by atoms with E-state index in [0.717, 1.165) is 55.5 Å². The molecule has 28 heavy (non-hydrogen) atoms. The van der Waals surface area contributed by atoms with E-state index in [1.165, 1.54) is 0 Å². The number of carbonyl (C=O) groups excluding carboxylic acids is 1. The molecule has 0 atom stereocenters. The molecule has 0 radical (unpaired) electrons. The molecule has 0 saturated carbocycles. The third-order valence-electron chi connectivity index (χ3n) is 5.10. The van der Waals surface area contributed by atoms with Crippen LogP contribution in [0.15, 0.2) is 41.0 Å². The number of methoxy groups -OCH3 is 2. The minimum Gasteiger partial charge on any atom is -0.497 e.